The lowest BCUT2D eigenvalue weighted by atomic mass is 9.98. The SMILES string of the molecule is COC(C)C(NC(=O)OCC1c2ccccc2-c2ccccc21)C(=O)NC(C)C(=O)O. The van der Waals surface area contributed by atoms with Crippen LogP contribution in [0.5, 0.6) is 0 Å². The molecule has 3 rings (SSSR count). The van der Waals surface area contributed by atoms with Crippen molar-refractivity contribution in [3.63, 3.8) is 0 Å². The molecule has 2 aromatic carbocycles. The maximum atomic E-state index is 12.5. The zero-order valence-electron chi connectivity index (χ0n) is 17.6. The number of carboxylic acids is 1. The van der Waals surface area contributed by atoms with Crippen LogP contribution in [0.15, 0.2) is 48.5 Å². The molecule has 0 heterocycles. The zero-order valence-corrected chi connectivity index (χ0v) is 17.6. The molecular formula is C23H26N2O6. The van der Waals surface area contributed by atoms with Gasteiger partial charge in [-0.2, -0.15) is 0 Å². The van der Waals surface area contributed by atoms with Gasteiger partial charge in [-0.3, -0.25) is 9.59 Å². The third kappa shape index (κ3) is 4.86. The van der Waals surface area contributed by atoms with Crippen LogP contribution in [-0.4, -0.2) is 55.0 Å². The van der Waals surface area contributed by atoms with Crippen molar-refractivity contribution in [3.8, 4) is 11.1 Å². The molecule has 0 spiro atoms. The average molecular weight is 426 g/mol. The van der Waals surface area contributed by atoms with Crippen LogP contribution in [0, 0.1) is 0 Å². The highest BCUT2D eigenvalue weighted by molar-refractivity contribution is 5.89. The highest BCUT2D eigenvalue weighted by Gasteiger charge is 2.32. The minimum atomic E-state index is -1.18. The van der Waals surface area contributed by atoms with Gasteiger partial charge < -0.3 is 25.2 Å². The highest BCUT2D eigenvalue weighted by atomic mass is 16.5. The lowest BCUT2D eigenvalue weighted by Gasteiger charge is -2.24. The minimum absolute atomic E-state index is 0.0983. The fraction of sp³-hybridized carbons (Fsp3) is 0.348. The van der Waals surface area contributed by atoms with E-state index >= 15 is 0 Å². The van der Waals surface area contributed by atoms with Crippen LogP contribution < -0.4 is 10.6 Å². The molecule has 31 heavy (non-hydrogen) atoms. The molecule has 3 unspecified atom stereocenters. The Morgan fingerprint density at radius 1 is 0.968 bits per heavy atom. The minimum Gasteiger partial charge on any atom is -0.480 e. The number of benzene rings is 2. The summed E-state index contributed by atoms with van der Waals surface area (Å²) in [6, 6.07) is 13.7. The van der Waals surface area contributed by atoms with E-state index in [9.17, 15) is 14.4 Å². The van der Waals surface area contributed by atoms with E-state index in [1.54, 1.807) is 6.92 Å². The van der Waals surface area contributed by atoms with Gasteiger partial charge in [-0.15, -0.1) is 0 Å². The molecule has 8 nitrogen and oxygen atoms in total. The van der Waals surface area contributed by atoms with Crippen LogP contribution in [-0.2, 0) is 19.1 Å². The molecular weight excluding hydrogens is 400 g/mol. The Bertz CT molecular complexity index is 931. The van der Waals surface area contributed by atoms with Crippen LogP contribution in [0.25, 0.3) is 11.1 Å². The lowest BCUT2D eigenvalue weighted by molar-refractivity contribution is -0.142. The fourth-order valence-corrected chi connectivity index (χ4v) is 3.66. The van der Waals surface area contributed by atoms with Crippen molar-refractivity contribution in [2.45, 2.75) is 38.0 Å². The number of nitrogens with one attached hydrogen (secondary N) is 2. The molecule has 1 aliphatic carbocycles. The summed E-state index contributed by atoms with van der Waals surface area (Å²) in [6.07, 6.45) is -1.48. The second-order valence-corrected chi connectivity index (χ2v) is 7.46. The first-order valence-electron chi connectivity index (χ1n) is 10.0. The number of hydrogen-bond acceptors (Lipinski definition) is 5. The second-order valence-electron chi connectivity index (χ2n) is 7.46. The Labute approximate surface area is 180 Å². The summed E-state index contributed by atoms with van der Waals surface area (Å²) >= 11 is 0. The second kappa shape index (κ2) is 9.61. The topological polar surface area (TPSA) is 114 Å². The van der Waals surface area contributed by atoms with E-state index in [0.29, 0.717) is 0 Å². The molecule has 3 N–H and O–H groups in total. The Balaban J connectivity index is 1.68. The van der Waals surface area contributed by atoms with Crippen molar-refractivity contribution in [1.29, 1.82) is 0 Å². The molecule has 3 atom stereocenters. The molecule has 2 amide bonds. The molecule has 0 fully saturated rings. The van der Waals surface area contributed by atoms with Gasteiger partial charge in [0.05, 0.1) is 6.10 Å². The maximum absolute atomic E-state index is 12.5. The number of amides is 2. The Kier molecular flexibility index (Phi) is 6.91. The molecule has 2 aromatic rings. The van der Waals surface area contributed by atoms with E-state index in [1.165, 1.54) is 14.0 Å². The summed E-state index contributed by atoms with van der Waals surface area (Å²) in [7, 11) is 1.39. The molecule has 1 aliphatic rings. The lowest BCUT2D eigenvalue weighted by Crippen LogP contribution is -2.55. The number of ether oxygens (including phenoxy) is 2. The van der Waals surface area contributed by atoms with E-state index in [-0.39, 0.29) is 12.5 Å². The van der Waals surface area contributed by atoms with E-state index in [4.69, 9.17) is 14.6 Å². The van der Waals surface area contributed by atoms with Gasteiger partial charge in [-0.1, -0.05) is 48.5 Å². The van der Waals surface area contributed by atoms with Crippen molar-refractivity contribution in [3.05, 3.63) is 59.7 Å². The smallest absolute Gasteiger partial charge is 0.407 e. The van der Waals surface area contributed by atoms with Gasteiger partial charge in [0, 0.05) is 13.0 Å². The van der Waals surface area contributed by atoms with Crippen LogP contribution in [0.3, 0.4) is 0 Å². The number of carbonyl (C=O) groups excluding carboxylic acids is 2. The van der Waals surface area contributed by atoms with E-state index in [1.807, 2.05) is 48.5 Å². The summed E-state index contributed by atoms with van der Waals surface area (Å²) in [6.45, 7) is 3.03. The number of fused-ring (bicyclic) bond motifs is 3. The average Bonchev–Trinajstić information content (AvgIpc) is 3.09. The van der Waals surface area contributed by atoms with Crippen LogP contribution >= 0.6 is 0 Å². The van der Waals surface area contributed by atoms with Gasteiger partial charge in [-0.25, -0.2) is 4.79 Å². The molecule has 0 aromatic heterocycles. The van der Waals surface area contributed by atoms with Gasteiger partial charge in [0.25, 0.3) is 0 Å². The number of aliphatic carboxylic acids is 1. The van der Waals surface area contributed by atoms with Crippen LogP contribution in [0.4, 0.5) is 4.79 Å². The molecule has 0 saturated carbocycles. The number of methoxy groups -OCH3 is 1. The summed E-state index contributed by atoms with van der Waals surface area (Å²) in [5.74, 6) is -1.96. The first kappa shape index (κ1) is 22.3. The maximum Gasteiger partial charge on any atom is 0.407 e. The van der Waals surface area contributed by atoms with Gasteiger partial charge >= 0.3 is 12.1 Å². The van der Waals surface area contributed by atoms with Crippen LogP contribution in [0.2, 0.25) is 0 Å². The first-order chi connectivity index (χ1) is 14.8. The Morgan fingerprint density at radius 3 is 2.03 bits per heavy atom. The molecule has 0 aliphatic heterocycles. The number of alkyl carbamates (subject to hydrolysis) is 1. The standard InChI is InChI=1S/C23H26N2O6/c1-13(22(27)28)24-21(26)20(14(2)30-3)25-23(29)31-12-19-17-10-6-4-8-15(17)16-9-5-7-11-18(16)19/h4-11,13-14,19-20H,12H2,1-3H3,(H,24,26)(H,25,29)(H,27,28). The quantitative estimate of drug-likeness (QED) is 0.598. The number of carboxylic acid groups (broad SMARTS) is 1. The third-order valence-corrected chi connectivity index (χ3v) is 5.47. The van der Waals surface area contributed by atoms with E-state index < -0.39 is 36.2 Å². The van der Waals surface area contributed by atoms with Gasteiger partial charge in [0.15, 0.2) is 0 Å². The van der Waals surface area contributed by atoms with Gasteiger partial charge in [0.2, 0.25) is 5.91 Å². The van der Waals surface area contributed by atoms with Crippen molar-refractivity contribution >= 4 is 18.0 Å². The number of hydrogen-bond donors (Lipinski definition) is 3. The fourth-order valence-electron chi connectivity index (χ4n) is 3.66. The molecule has 0 bridgehead atoms. The predicted octanol–water partition coefficient (Wildman–Crippen LogP) is 2.52. The van der Waals surface area contributed by atoms with E-state index in [2.05, 4.69) is 10.6 Å². The normalized spacial score (nSPS) is 15.2. The monoisotopic (exact) mass is 426 g/mol. The van der Waals surface area contributed by atoms with Gasteiger partial charge in [0.1, 0.15) is 18.7 Å². The van der Waals surface area contributed by atoms with Crippen molar-refractivity contribution in [1.82, 2.24) is 10.6 Å². The van der Waals surface area contributed by atoms with Crippen molar-refractivity contribution < 1.29 is 29.0 Å². The highest BCUT2D eigenvalue weighted by Crippen LogP contribution is 2.44. The first-order valence-corrected chi connectivity index (χ1v) is 10.0. The molecule has 8 heteroatoms. The molecule has 0 saturated heterocycles. The number of carbonyl (C=O) groups is 3. The Morgan fingerprint density at radius 2 is 1.52 bits per heavy atom. The summed E-state index contributed by atoms with van der Waals surface area (Å²) in [5, 5.41) is 13.8. The van der Waals surface area contributed by atoms with Crippen molar-refractivity contribution in [2.24, 2.45) is 0 Å². The van der Waals surface area contributed by atoms with Crippen LogP contribution in [0.1, 0.15) is 30.9 Å². The molecule has 164 valence electrons. The van der Waals surface area contributed by atoms with Gasteiger partial charge in [-0.05, 0) is 36.1 Å². The Hall–Kier alpha value is -3.39. The largest absolute Gasteiger partial charge is 0.480 e. The third-order valence-electron chi connectivity index (χ3n) is 5.47. The predicted molar refractivity (Wildman–Crippen MR) is 114 cm³/mol. The molecule has 0 radical (unpaired) electrons. The summed E-state index contributed by atoms with van der Waals surface area (Å²) < 4.78 is 10.6. The number of rotatable bonds is 8. The zero-order chi connectivity index (χ0) is 22.5. The summed E-state index contributed by atoms with van der Waals surface area (Å²) in [5.41, 5.74) is 4.37. The summed E-state index contributed by atoms with van der Waals surface area (Å²) in [4.78, 5) is 36.0. The van der Waals surface area contributed by atoms with Crippen molar-refractivity contribution in [2.75, 3.05) is 13.7 Å². The van der Waals surface area contributed by atoms with E-state index in [0.717, 1.165) is 22.3 Å².